The van der Waals surface area contributed by atoms with Crippen molar-refractivity contribution >= 4 is 28.8 Å². The van der Waals surface area contributed by atoms with Crippen molar-refractivity contribution in [3.05, 3.63) is 36.3 Å². The molecule has 3 aromatic rings. The Morgan fingerprint density at radius 2 is 2.09 bits per heavy atom. The standard InChI is InChI=1S/C24H27F2N7O.CH4.H2/c1-14-3-4-15(11-21(25)26)23-19(28-14)6-5-18(30-23)17-8-10-33-20(17)13-27-24(31-33)29-16-7-9-32(2)22(34)12-16;;/h5-6,8,10,13,15-16,21H,3-4,7,9,11-12H2,1-2H3,(H,29,31);1H4;1H. The molecule has 5 heterocycles. The van der Waals surface area contributed by atoms with Crippen LogP contribution in [0.3, 0.4) is 0 Å². The normalized spacial score (nSPS) is 20.3. The molecule has 1 N–H and O–H groups in total. The number of hydrogen-bond donors (Lipinski definition) is 1. The van der Waals surface area contributed by atoms with Crippen molar-refractivity contribution in [1.82, 2.24) is 24.5 Å². The number of nitrogens with one attached hydrogen (secondary N) is 1. The lowest BCUT2D eigenvalue weighted by molar-refractivity contribution is -0.132. The molecule has 2 atom stereocenters. The second-order valence-electron chi connectivity index (χ2n) is 9.10. The van der Waals surface area contributed by atoms with Gasteiger partial charge in [-0.15, -0.1) is 5.10 Å². The smallest absolute Gasteiger partial charge is 0.241 e. The fraction of sp³-hybridized carbons (Fsp3) is 0.480. The number of nitrogens with zero attached hydrogens (tertiary/aromatic N) is 6. The van der Waals surface area contributed by atoms with Gasteiger partial charge in [-0.2, -0.15) is 0 Å². The Labute approximate surface area is 205 Å². The van der Waals surface area contributed by atoms with E-state index in [1.807, 2.05) is 38.4 Å². The Balaban J connectivity index is 0.00000180. The van der Waals surface area contributed by atoms with Gasteiger partial charge in [0.15, 0.2) is 0 Å². The molecular formula is C25H33F2N7O. The maximum atomic E-state index is 13.3. The van der Waals surface area contributed by atoms with E-state index in [2.05, 4.69) is 20.4 Å². The Hall–Kier alpha value is -3.43. The average molecular weight is 486 g/mol. The number of amides is 1. The molecule has 0 aliphatic carbocycles. The Bertz CT molecular complexity index is 1260. The maximum absolute atomic E-state index is 13.3. The number of carbonyl (C=O) groups excluding carboxylic acids is 1. The van der Waals surface area contributed by atoms with Crippen LogP contribution in [-0.2, 0) is 4.79 Å². The van der Waals surface area contributed by atoms with E-state index < -0.39 is 6.43 Å². The van der Waals surface area contributed by atoms with Crippen LogP contribution in [0.1, 0.15) is 59.5 Å². The molecule has 2 aliphatic heterocycles. The SMILES string of the molecule is C.CC1=Nc2ccc(-c3ccn4nc(NC5CCN(C)C(=O)C5)ncc34)nc2C(CC(F)F)CC1.[HH]. The summed E-state index contributed by atoms with van der Waals surface area (Å²) in [6.07, 6.45) is 3.47. The van der Waals surface area contributed by atoms with Crippen LogP contribution < -0.4 is 5.32 Å². The van der Waals surface area contributed by atoms with Crippen molar-refractivity contribution in [3.8, 4) is 11.3 Å². The van der Waals surface area contributed by atoms with Crippen LogP contribution in [0.5, 0.6) is 0 Å². The van der Waals surface area contributed by atoms with Crippen LogP contribution >= 0.6 is 0 Å². The highest BCUT2D eigenvalue weighted by molar-refractivity contribution is 5.86. The van der Waals surface area contributed by atoms with E-state index in [1.165, 1.54) is 0 Å². The monoisotopic (exact) mass is 485 g/mol. The van der Waals surface area contributed by atoms with Gasteiger partial charge in [-0.1, -0.05) is 7.43 Å². The van der Waals surface area contributed by atoms with E-state index in [4.69, 9.17) is 4.98 Å². The summed E-state index contributed by atoms with van der Waals surface area (Å²) in [6.45, 7) is 2.63. The molecule has 2 unspecified atom stereocenters. The molecule has 1 fully saturated rings. The fourth-order valence-electron chi connectivity index (χ4n) is 4.67. The van der Waals surface area contributed by atoms with Crippen molar-refractivity contribution in [2.45, 2.75) is 64.8 Å². The minimum atomic E-state index is -2.39. The third-order valence-electron chi connectivity index (χ3n) is 6.60. The van der Waals surface area contributed by atoms with Crippen molar-refractivity contribution < 1.29 is 15.0 Å². The van der Waals surface area contributed by atoms with Gasteiger partial charge in [0.25, 0.3) is 0 Å². The van der Waals surface area contributed by atoms with Crippen molar-refractivity contribution in [1.29, 1.82) is 0 Å². The number of likely N-dealkylation sites (tertiary alicyclic amines) is 1. The van der Waals surface area contributed by atoms with E-state index in [-0.39, 0.29) is 33.1 Å². The Morgan fingerprint density at radius 1 is 1.26 bits per heavy atom. The first-order valence-electron chi connectivity index (χ1n) is 11.6. The van der Waals surface area contributed by atoms with Gasteiger partial charge in [-0.25, -0.2) is 18.3 Å². The molecule has 0 bridgehead atoms. The molecule has 0 radical (unpaired) electrons. The first kappa shape index (κ1) is 24.7. The van der Waals surface area contributed by atoms with E-state index in [9.17, 15) is 13.6 Å². The van der Waals surface area contributed by atoms with E-state index in [0.717, 1.165) is 23.2 Å². The predicted octanol–water partition coefficient (Wildman–Crippen LogP) is 5.33. The lowest BCUT2D eigenvalue weighted by atomic mass is 9.94. The second-order valence-corrected chi connectivity index (χ2v) is 9.10. The van der Waals surface area contributed by atoms with Crippen molar-refractivity contribution in [2.75, 3.05) is 18.9 Å². The molecule has 8 nitrogen and oxygen atoms in total. The van der Waals surface area contributed by atoms with Crippen molar-refractivity contribution in [2.24, 2.45) is 4.99 Å². The Morgan fingerprint density at radius 3 is 2.86 bits per heavy atom. The van der Waals surface area contributed by atoms with Crippen LogP contribution in [0, 0.1) is 0 Å². The molecule has 0 spiro atoms. The molecule has 5 rings (SSSR count). The van der Waals surface area contributed by atoms with Crippen molar-refractivity contribution in [3.63, 3.8) is 0 Å². The van der Waals surface area contributed by atoms with Gasteiger partial charge in [-0.05, 0) is 44.4 Å². The number of alkyl halides is 2. The van der Waals surface area contributed by atoms with E-state index in [1.54, 1.807) is 15.6 Å². The molecule has 0 aromatic carbocycles. The fourth-order valence-corrected chi connectivity index (χ4v) is 4.67. The zero-order valence-electron chi connectivity index (χ0n) is 19.2. The molecule has 35 heavy (non-hydrogen) atoms. The quantitative estimate of drug-likeness (QED) is 0.528. The highest BCUT2D eigenvalue weighted by Crippen LogP contribution is 2.38. The lowest BCUT2D eigenvalue weighted by Gasteiger charge is -2.29. The summed E-state index contributed by atoms with van der Waals surface area (Å²) < 4.78 is 28.2. The number of halogens is 2. The molecule has 1 saturated heterocycles. The summed E-state index contributed by atoms with van der Waals surface area (Å²) in [4.78, 5) is 27.6. The summed E-state index contributed by atoms with van der Waals surface area (Å²) >= 11 is 0. The zero-order valence-corrected chi connectivity index (χ0v) is 19.2. The summed E-state index contributed by atoms with van der Waals surface area (Å²) in [7, 11) is 1.81. The highest BCUT2D eigenvalue weighted by atomic mass is 19.3. The van der Waals surface area contributed by atoms with Crippen LogP contribution in [0.25, 0.3) is 16.8 Å². The number of aliphatic imine (C=N–C) groups is 1. The minimum absolute atomic E-state index is 0. The second kappa shape index (κ2) is 10.1. The summed E-state index contributed by atoms with van der Waals surface area (Å²) in [5.41, 5.74) is 4.49. The van der Waals surface area contributed by atoms with Gasteiger partial charge in [-0.3, -0.25) is 14.8 Å². The molecule has 10 heteroatoms. The largest absolute Gasteiger partial charge is 0.350 e. The molecule has 1 amide bonds. The molecule has 0 saturated carbocycles. The molecule has 3 aromatic heterocycles. The predicted molar refractivity (Wildman–Crippen MR) is 135 cm³/mol. The van der Waals surface area contributed by atoms with Crippen LogP contribution in [0.2, 0.25) is 0 Å². The number of carbonyl (C=O) groups is 1. The van der Waals surface area contributed by atoms with Crippen LogP contribution in [-0.4, -0.2) is 62.2 Å². The van der Waals surface area contributed by atoms with Gasteiger partial charge < -0.3 is 10.2 Å². The van der Waals surface area contributed by atoms with Gasteiger partial charge in [0.2, 0.25) is 18.3 Å². The van der Waals surface area contributed by atoms with Gasteiger partial charge >= 0.3 is 0 Å². The topological polar surface area (TPSA) is 87.8 Å². The first-order chi connectivity index (χ1) is 16.4. The number of rotatable bonds is 5. The first-order valence-corrected chi connectivity index (χ1v) is 11.6. The lowest BCUT2D eigenvalue weighted by Crippen LogP contribution is -2.41. The van der Waals surface area contributed by atoms with Gasteiger partial charge in [0.1, 0.15) is 0 Å². The highest BCUT2D eigenvalue weighted by Gasteiger charge is 2.26. The maximum Gasteiger partial charge on any atom is 0.241 e. The molecule has 188 valence electrons. The summed E-state index contributed by atoms with van der Waals surface area (Å²) in [5.74, 6) is 0.218. The Kier molecular flexibility index (Phi) is 7.09. The zero-order chi connectivity index (χ0) is 23.8. The third-order valence-corrected chi connectivity index (χ3v) is 6.60. The number of piperidine rings is 1. The number of pyridine rings is 1. The summed E-state index contributed by atoms with van der Waals surface area (Å²) in [5, 5.41) is 7.80. The number of fused-ring (bicyclic) bond motifs is 2. The number of anilines is 1. The van der Waals surface area contributed by atoms with Crippen LogP contribution in [0.15, 0.2) is 35.6 Å². The summed E-state index contributed by atoms with van der Waals surface area (Å²) in [6, 6.07) is 5.63. The van der Waals surface area contributed by atoms with Gasteiger partial charge in [0, 0.05) is 57.3 Å². The number of hydrogen-bond acceptors (Lipinski definition) is 6. The minimum Gasteiger partial charge on any atom is -0.350 e. The third kappa shape index (κ3) is 5.16. The van der Waals surface area contributed by atoms with E-state index in [0.29, 0.717) is 48.8 Å². The van der Waals surface area contributed by atoms with E-state index >= 15 is 0 Å². The molecular weight excluding hydrogens is 452 g/mol. The average Bonchev–Trinajstić information content (AvgIpc) is 3.15. The number of aromatic nitrogens is 4. The van der Waals surface area contributed by atoms with Gasteiger partial charge in [0.05, 0.1) is 28.8 Å². The molecule has 2 aliphatic rings. The van der Waals surface area contributed by atoms with Crippen LogP contribution in [0.4, 0.5) is 20.4 Å².